The van der Waals surface area contributed by atoms with E-state index in [-0.39, 0.29) is 34.9 Å². The second kappa shape index (κ2) is 5.67. The lowest BCUT2D eigenvalue weighted by Gasteiger charge is -2.16. The summed E-state index contributed by atoms with van der Waals surface area (Å²) in [6.45, 7) is 1.07. The van der Waals surface area contributed by atoms with Crippen LogP contribution in [0.2, 0.25) is 5.02 Å². The fraction of sp³-hybridized carbons (Fsp3) is 0.364. The molecule has 0 radical (unpaired) electrons. The maximum absolute atomic E-state index is 13.5. The van der Waals surface area contributed by atoms with Gasteiger partial charge in [0.25, 0.3) is 5.91 Å². The van der Waals surface area contributed by atoms with Crippen molar-refractivity contribution in [2.45, 2.75) is 12.5 Å². The molecule has 2 rings (SSSR count). The summed E-state index contributed by atoms with van der Waals surface area (Å²) in [5.74, 6) is -0.903. The smallest absolute Gasteiger partial charge is 0.256 e. The minimum Gasteiger partial charge on any atom is -0.337 e. The van der Waals surface area contributed by atoms with Gasteiger partial charge < -0.3 is 10.6 Å². The summed E-state index contributed by atoms with van der Waals surface area (Å²) in [4.78, 5) is 13.5. The molecule has 1 unspecified atom stereocenters. The standard InChI is InChI=1S/C11H12ClFN2O.ClH/c12-7-1-2-9(10(13)5-7)11(16)15-4-3-8(14)6-15;/h1-2,5,8H,3-4,6,14H2;1H. The molecule has 0 aliphatic carbocycles. The number of nitrogens with zero attached hydrogens (tertiary/aromatic N) is 1. The first-order chi connectivity index (χ1) is 7.58. The fourth-order valence-electron chi connectivity index (χ4n) is 1.81. The Balaban J connectivity index is 0.00000144. The van der Waals surface area contributed by atoms with Crippen molar-refractivity contribution in [1.82, 2.24) is 4.90 Å². The van der Waals surface area contributed by atoms with E-state index in [4.69, 9.17) is 17.3 Å². The molecule has 1 saturated heterocycles. The number of rotatable bonds is 1. The van der Waals surface area contributed by atoms with Gasteiger partial charge in [0.05, 0.1) is 5.56 Å². The number of carbonyl (C=O) groups excluding carboxylic acids is 1. The third kappa shape index (κ3) is 3.09. The molecule has 94 valence electrons. The van der Waals surface area contributed by atoms with Crippen LogP contribution in [0.4, 0.5) is 4.39 Å². The van der Waals surface area contributed by atoms with E-state index >= 15 is 0 Å². The third-order valence-corrected chi connectivity index (χ3v) is 2.91. The lowest BCUT2D eigenvalue weighted by molar-refractivity contribution is 0.0786. The van der Waals surface area contributed by atoms with Crippen LogP contribution in [-0.2, 0) is 0 Å². The maximum Gasteiger partial charge on any atom is 0.256 e. The number of amides is 1. The van der Waals surface area contributed by atoms with E-state index in [0.717, 1.165) is 12.5 Å². The quantitative estimate of drug-likeness (QED) is 0.855. The molecule has 1 fully saturated rings. The van der Waals surface area contributed by atoms with Gasteiger partial charge >= 0.3 is 0 Å². The Kier molecular flexibility index (Phi) is 4.74. The topological polar surface area (TPSA) is 46.3 Å². The van der Waals surface area contributed by atoms with E-state index in [1.807, 2.05) is 0 Å². The van der Waals surface area contributed by atoms with Gasteiger partial charge in [-0.15, -0.1) is 12.4 Å². The van der Waals surface area contributed by atoms with Crippen molar-refractivity contribution in [2.24, 2.45) is 5.73 Å². The zero-order valence-electron chi connectivity index (χ0n) is 9.03. The second-order valence-corrected chi connectivity index (χ2v) is 4.36. The molecule has 17 heavy (non-hydrogen) atoms. The molecule has 1 aromatic rings. The van der Waals surface area contributed by atoms with Crippen LogP contribution in [0.15, 0.2) is 18.2 Å². The Bertz CT molecular complexity index is 428. The average molecular weight is 279 g/mol. The number of carbonyl (C=O) groups is 1. The summed E-state index contributed by atoms with van der Waals surface area (Å²) in [5.41, 5.74) is 5.75. The zero-order valence-corrected chi connectivity index (χ0v) is 10.6. The van der Waals surface area contributed by atoms with E-state index < -0.39 is 5.82 Å². The molecule has 1 aromatic carbocycles. The zero-order chi connectivity index (χ0) is 11.7. The molecule has 0 bridgehead atoms. The van der Waals surface area contributed by atoms with Crippen LogP contribution in [-0.4, -0.2) is 29.9 Å². The summed E-state index contributed by atoms with van der Waals surface area (Å²) in [7, 11) is 0. The minimum atomic E-state index is -0.585. The van der Waals surface area contributed by atoms with E-state index in [1.165, 1.54) is 12.1 Å². The summed E-state index contributed by atoms with van der Waals surface area (Å²) in [6, 6.07) is 4.06. The lowest BCUT2D eigenvalue weighted by Crippen LogP contribution is -2.32. The SMILES string of the molecule is Cl.NC1CCN(C(=O)c2ccc(Cl)cc2F)C1. The van der Waals surface area contributed by atoms with Crippen LogP contribution in [0.5, 0.6) is 0 Å². The van der Waals surface area contributed by atoms with E-state index in [1.54, 1.807) is 4.90 Å². The predicted molar refractivity (Wildman–Crippen MR) is 67.2 cm³/mol. The molecule has 2 N–H and O–H groups in total. The second-order valence-electron chi connectivity index (χ2n) is 3.92. The highest BCUT2D eigenvalue weighted by Gasteiger charge is 2.26. The Morgan fingerprint density at radius 2 is 2.24 bits per heavy atom. The average Bonchev–Trinajstić information content (AvgIpc) is 2.64. The summed E-state index contributed by atoms with van der Waals surface area (Å²) < 4.78 is 13.5. The van der Waals surface area contributed by atoms with Crippen LogP contribution in [0.1, 0.15) is 16.8 Å². The van der Waals surface area contributed by atoms with Gasteiger partial charge in [-0.25, -0.2) is 4.39 Å². The van der Waals surface area contributed by atoms with Gasteiger partial charge in [-0.3, -0.25) is 4.79 Å². The first kappa shape index (κ1) is 14.2. The number of nitrogens with two attached hydrogens (primary N) is 1. The van der Waals surface area contributed by atoms with Gasteiger partial charge in [-0.1, -0.05) is 11.6 Å². The van der Waals surface area contributed by atoms with Crippen molar-refractivity contribution in [1.29, 1.82) is 0 Å². The molecular formula is C11H13Cl2FN2O. The van der Waals surface area contributed by atoms with Crippen molar-refractivity contribution in [3.8, 4) is 0 Å². The maximum atomic E-state index is 13.5. The van der Waals surface area contributed by atoms with Gasteiger partial charge in [-0.05, 0) is 24.6 Å². The molecule has 0 saturated carbocycles. The first-order valence-corrected chi connectivity index (χ1v) is 5.45. The molecule has 3 nitrogen and oxygen atoms in total. The number of hydrogen-bond donors (Lipinski definition) is 1. The van der Waals surface area contributed by atoms with Crippen LogP contribution in [0, 0.1) is 5.82 Å². The molecular weight excluding hydrogens is 266 g/mol. The molecule has 6 heteroatoms. The summed E-state index contributed by atoms with van der Waals surface area (Å²) >= 11 is 5.62. The van der Waals surface area contributed by atoms with Gasteiger partial charge in [0.15, 0.2) is 0 Å². The highest BCUT2D eigenvalue weighted by molar-refractivity contribution is 6.30. The highest BCUT2D eigenvalue weighted by atomic mass is 35.5. The number of halogens is 3. The molecule has 1 heterocycles. The molecule has 0 aromatic heterocycles. The van der Waals surface area contributed by atoms with Crippen LogP contribution >= 0.6 is 24.0 Å². The predicted octanol–water partition coefficient (Wildman–Crippen LogP) is 2.07. The van der Waals surface area contributed by atoms with Gasteiger partial charge in [0, 0.05) is 24.2 Å². The number of benzene rings is 1. The first-order valence-electron chi connectivity index (χ1n) is 5.08. The highest BCUT2D eigenvalue weighted by Crippen LogP contribution is 2.18. The lowest BCUT2D eigenvalue weighted by atomic mass is 10.2. The molecule has 1 amide bonds. The largest absolute Gasteiger partial charge is 0.337 e. The van der Waals surface area contributed by atoms with E-state index in [9.17, 15) is 9.18 Å². The molecule has 1 atom stereocenters. The van der Waals surface area contributed by atoms with Gasteiger partial charge in [-0.2, -0.15) is 0 Å². The van der Waals surface area contributed by atoms with Crippen molar-refractivity contribution < 1.29 is 9.18 Å². The van der Waals surface area contributed by atoms with Crippen molar-refractivity contribution in [3.05, 3.63) is 34.6 Å². The Labute approximate surface area is 110 Å². The Morgan fingerprint density at radius 3 is 2.76 bits per heavy atom. The number of likely N-dealkylation sites (tertiary alicyclic amines) is 1. The Hall–Kier alpha value is -0.840. The normalized spacial score (nSPS) is 19.0. The van der Waals surface area contributed by atoms with Crippen molar-refractivity contribution in [3.63, 3.8) is 0 Å². The van der Waals surface area contributed by atoms with Crippen molar-refractivity contribution in [2.75, 3.05) is 13.1 Å². The molecule has 0 spiro atoms. The molecule has 1 aliphatic rings. The van der Waals surface area contributed by atoms with Crippen LogP contribution in [0.3, 0.4) is 0 Å². The van der Waals surface area contributed by atoms with Gasteiger partial charge in [0.1, 0.15) is 5.82 Å². The molecule has 1 aliphatic heterocycles. The minimum absolute atomic E-state index is 0. The summed E-state index contributed by atoms with van der Waals surface area (Å²) in [5, 5.41) is 0.284. The van der Waals surface area contributed by atoms with E-state index in [0.29, 0.717) is 13.1 Å². The van der Waals surface area contributed by atoms with Gasteiger partial charge in [0.2, 0.25) is 0 Å². The summed E-state index contributed by atoms with van der Waals surface area (Å²) in [6.07, 6.45) is 0.765. The number of hydrogen-bond acceptors (Lipinski definition) is 2. The van der Waals surface area contributed by atoms with E-state index in [2.05, 4.69) is 0 Å². The van der Waals surface area contributed by atoms with Crippen molar-refractivity contribution >= 4 is 29.9 Å². The monoisotopic (exact) mass is 278 g/mol. The van der Waals surface area contributed by atoms with Crippen LogP contribution in [0.25, 0.3) is 0 Å². The third-order valence-electron chi connectivity index (χ3n) is 2.67. The van der Waals surface area contributed by atoms with Crippen LogP contribution < -0.4 is 5.73 Å². The Morgan fingerprint density at radius 1 is 1.53 bits per heavy atom. The fourth-order valence-corrected chi connectivity index (χ4v) is 1.96.